The quantitative estimate of drug-likeness (QED) is 0.444. The molecule has 16 heavy (non-hydrogen) atoms. The summed E-state index contributed by atoms with van der Waals surface area (Å²) >= 11 is 0. The van der Waals surface area contributed by atoms with Crippen molar-refractivity contribution < 1.29 is 14.5 Å². The zero-order valence-corrected chi connectivity index (χ0v) is 8.39. The minimum Gasteiger partial charge on any atom is -0.497 e. The predicted octanol–water partition coefficient (Wildman–Crippen LogP) is 0.440. The van der Waals surface area contributed by atoms with Crippen molar-refractivity contribution in [1.29, 1.82) is 0 Å². The summed E-state index contributed by atoms with van der Waals surface area (Å²) in [6.07, 6.45) is 0. The molecule has 0 atom stereocenters. The van der Waals surface area contributed by atoms with Gasteiger partial charge in [-0.25, -0.2) is 0 Å². The third-order valence-corrected chi connectivity index (χ3v) is 1.72. The molecule has 0 saturated carbocycles. The number of ether oxygens (including phenoxy) is 1. The van der Waals surface area contributed by atoms with Crippen LogP contribution in [0.15, 0.2) is 18.2 Å². The van der Waals surface area contributed by atoms with Crippen molar-refractivity contribution in [2.45, 2.75) is 0 Å². The monoisotopic (exact) mass is 220 g/mol. The standard InChI is InChI=1S/C10H8N2O4/c1-16-8-3-4-9(12(14)15)7(6-8)2-5-10(11)13/h3-4,6H,1H3,(H2,11,13). The molecule has 0 aromatic heterocycles. The SMILES string of the molecule is COc1ccc([N+](=O)[O-])c(C#CC(N)=O)c1. The van der Waals surface area contributed by atoms with Gasteiger partial charge in [-0.05, 0) is 12.0 Å². The van der Waals surface area contributed by atoms with E-state index in [4.69, 9.17) is 10.5 Å². The van der Waals surface area contributed by atoms with Crippen molar-refractivity contribution in [1.82, 2.24) is 0 Å². The molecular weight excluding hydrogens is 212 g/mol. The van der Waals surface area contributed by atoms with Crippen molar-refractivity contribution >= 4 is 11.6 Å². The van der Waals surface area contributed by atoms with Gasteiger partial charge < -0.3 is 10.5 Å². The average Bonchev–Trinajstić information content (AvgIpc) is 2.25. The van der Waals surface area contributed by atoms with Gasteiger partial charge in [-0.1, -0.05) is 0 Å². The van der Waals surface area contributed by atoms with Gasteiger partial charge in [0.1, 0.15) is 11.3 Å². The molecule has 0 saturated heterocycles. The molecule has 0 bridgehead atoms. The third kappa shape index (κ3) is 2.72. The molecule has 1 amide bonds. The number of hydrogen-bond acceptors (Lipinski definition) is 4. The van der Waals surface area contributed by atoms with Crippen LogP contribution in [0, 0.1) is 22.0 Å². The second-order valence-corrected chi connectivity index (χ2v) is 2.75. The minimum atomic E-state index is -0.850. The zero-order valence-electron chi connectivity index (χ0n) is 8.39. The molecule has 0 aliphatic rings. The maximum atomic E-state index is 10.6. The van der Waals surface area contributed by atoms with Crippen LogP contribution >= 0.6 is 0 Å². The van der Waals surface area contributed by atoms with Crippen LogP contribution in [0.2, 0.25) is 0 Å². The number of nitrogens with two attached hydrogens (primary N) is 1. The first-order valence-electron chi connectivity index (χ1n) is 4.18. The highest BCUT2D eigenvalue weighted by Gasteiger charge is 2.12. The largest absolute Gasteiger partial charge is 0.497 e. The van der Waals surface area contributed by atoms with E-state index in [0.717, 1.165) is 0 Å². The number of primary amides is 1. The molecule has 0 spiro atoms. The maximum absolute atomic E-state index is 10.6. The smallest absolute Gasteiger partial charge is 0.293 e. The van der Waals surface area contributed by atoms with Crippen LogP contribution in [-0.4, -0.2) is 17.9 Å². The van der Waals surface area contributed by atoms with Crippen molar-refractivity contribution in [2.75, 3.05) is 7.11 Å². The van der Waals surface area contributed by atoms with Gasteiger partial charge in [-0.15, -0.1) is 0 Å². The number of carbonyl (C=O) groups excluding carboxylic acids is 1. The van der Waals surface area contributed by atoms with E-state index in [1.165, 1.54) is 25.3 Å². The lowest BCUT2D eigenvalue weighted by Gasteiger charge is -2.00. The van der Waals surface area contributed by atoms with E-state index in [2.05, 4.69) is 5.92 Å². The normalized spacial score (nSPS) is 8.81. The minimum absolute atomic E-state index is 0.0863. The number of methoxy groups -OCH3 is 1. The van der Waals surface area contributed by atoms with Crippen LogP contribution in [0.4, 0.5) is 5.69 Å². The van der Waals surface area contributed by atoms with Crippen LogP contribution in [0.25, 0.3) is 0 Å². The van der Waals surface area contributed by atoms with Gasteiger partial charge >= 0.3 is 0 Å². The molecule has 0 aliphatic heterocycles. The van der Waals surface area contributed by atoms with Crippen molar-refractivity contribution in [3.8, 4) is 17.6 Å². The fourth-order valence-electron chi connectivity index (χ4n) is 1.03. The van der Waals surface area contributed by atoms with E-state index < -0.39 is 10.8 Å². The lowest BCUT2D eigenvalue weighted by atomic mass is 10.1. The van der Waals surface area contributed by atoms with Crippen molar-refractivity contribution in [2.24, 2.45) is 5.73 Å². The summed E-state index contributed by atoms with van der Waals surface area (Å²) in [6, 6.07) is 4.06. The molecule has 1 aromatic rings. The number of nitrogens with zero attached hydrogens (tertiary/aromatic N) is 1. The molecule has 0 fully saturated rings. The number of carbonyl (C=O) groups is 1. The summed E-state index contributed by atoms with van der Waals surface area (Å²) in [7, 11) is 1.42. The summed E-state index contributed by atoms with van der Waals surface area (Å²) in [5.74, 6) is 3.93. The summed E-state index contributed by atoms with van der Waals surface area (Å²) in [4.78, 5) is 20.5. The van der Waals surface area contributed by atoms with Crippen LogP contribution in [0.1, 0.15) is 5.56 Å². The Hall–Kier alpha value is -2.55. The van der Waals surface area contributed by atoms with Crippen LogP contribution in [-0.2, 0) is 4.79 Å². The lowest BCUT2D eigenvalue weighted by Crippen LogP contribution is -2.06. The van der Waals surface area contributed by atoms with Gasteiger partial charge in [-0.3, -0.25) is 14.9 Å². The molecule has 2 N–H and O–H groups in total. The molecule has 0 heterocycles. The van der Waals surface area contributed by atoms with E-state index >= 15 is 0 Å². The van der Waals surface area contributed by atoms with E-state index in [1.807, 2.05) is 5.92 Å². The Morgan fingerprint density at radius 3 is 2.75 bits per heavy atom. The fraction of sp³-hybridized carbons (Fsp3) is 0.100. The van der Waals surface area contributed by atoms with Gasteiger partial charge in [-0.2, -0.15) is 0 Å². The predicted molar refractivity (Wildman–Crippen MR) is 55.7 cm³/mol. The molecule has 6 heteroatoms. The zero-order chi connectivity index (χ0) is 12.1. The summed E-state index contributed by atoms with van der Waals surface area (Å²) in [5.41, 5.74) is 4.71. The summed E-state index contributed by atoms with van der Waals surface area (Å²) in [6.45, 7) is 0. The number of amides is 1. The van der Waals surface area contributed by atoms with Gasteiger partial charge in [0.2, 0.25) is 0 Å². The summed E-state index contributed by atoms with van der Waals surface area (Å²) in [5, 5.41) is 10.6. The molecule has 82 valence electrons. The Bertz CT molecular complexity index is 499. The van der Waals surface area contributed by atoms with Gasteiger partial charge in [0.15, 0.2) is 0 Å². The Kier molecular flexibility index (Phi) is 3.45. The summed E-state index contributed by atoms with van der Waals surface area (Å²) < 4.78 is 4.89. The number of nitro groups is 1. The highest BCUT2D eigenvalue weighted by molar-refractivity contribution is 5.92. The maximum Gasteiger partial charge on any atom is 0.293 e. The van der Waals surface area contributed by atoms with Crippen LogP contribution in [0.3, 0.4) is 0 Å². The molecule has 1 aromatic carbocycles. The van der Waals surface area contributed by atoms with Crippen LogP contribution in [0.5, 0.6) is 5.75 Å². The second kappa shape index (κ2) is 4.79. The number of benzene rings is 1. The Morgan fingerprint density at radius 1 is 1.56 bits per heavy atom. The molecule has 0 radical (unpaired) electrons. The third-order valence-electron chi connectivity index (χ3n) is 1.72. The number of rotatable bonds is 2. The molecule has 0 aliphatic carbocycles. The van der Waals surface area contributed by atoms with Gasteiger partial charge in [0.05, 0.1) is 12.0 Å². The van der Waals surface area contributed by atoms with E-state index in [1.54, 1.807) is 0 Å². The molecule has 0 unspecified atom stereocenters. The topological polar surface area (TPSA) is 95.5 Å². The van der Waals surface area contributed by atoms with E-state index in [0.29, 0.717) is 5.75 Å². The van der Waals surface area contributed by atoms with Crippen molar-refractivity contribution in [3.05, 3.63) is 33.9 Å². The van der Waals surface area contributed by atoms with Gasteiger partial charge in [0.25, 0.3) is 11.6 Å². The first kappa shape index (κ1) is 11.5. The number of hydrogen-bond donors (Lipinski definition) is 1. The first-order chi connectivity index (χ1) is 7.54. The Balaban J connectivity index is 3.27. The highest BCUT2D eigenvalue weighted by Crippen LogP contribution is 2.22. The molecular formula is C10H8N2O4. The van der Waals surface area contributed by atoms with Crippen molar-refractivity contribution in [3.63, 3.8) is 0 Å². The average molecular weight is 220 g/mol. The fourth-order valence-corrected chi connectivity index (χ4v) is 1.03. The molecule has 6 nitrogen and oxygen atoms in total. The first-order valence-corrected chi connectivity index (χ1v) is 4.18. The van der Waals surface area contributed by atoms with E-state index in [-0.39, 0.29) is 11.3 Å². The molecule has 1 rings (SSSR count). The van der Waals surface area contributed by atoms with E-state index in [9.17, 15) is 14.9 Å². The number of nitro benzene ring substituents is 1. The van der Waals surface area contributed by atoms with Gasteiger partial charge in [0, 0.05) is 18.1 Å². The lowest BCUT2D eigenvalue weighted by molar-refractivity contribution is -0.385. The second-order valence-electron chi connectivity index (χ2n) is 2.75. The Labute approximate surface area is 91.2 Å². The highest BCUT2D eigenvalue weighted by atomic mass is 16.6. The Morgan fingerprint density at radius 2 is 2.25 bits per heavy atom. The van der Waals surface area contributed by atoms with Crippen LogP contribution < -0.4 is 10.5 Å².